The number of hydrogen-bond acceptors (Lipinski definition) is 14. The smallest absolute Gasteiger partial charge is 0.329 e. The number of aryl methyl sites for hydroxylation is 1. The summed E-state index contributed by atoms with van der Waals surface area (Å²) in [6.07, 6.45) is -0.601. The van der Waals surface area contributed by atoms with Crippen LogP contribution in [0.5, 0.6) is 28.7 Å². The van der Waals surface area contributed by atoms with Gasteiger partial charge in [-0.1, -0.05) is 6.07 Å². The number of cyclic esters (lactones) is 1. The van der Waals surface area contributed by atoms with E-state index >= 15 is 0 Å². The highest BCUT2D eigenvalue weighted by molar-refractivity contribution is 7.99. The fourth-order valence-electron chi connectivity index (χ4n) is 8.18. The van der Waals surface area contributed by atoms with Gasteiger partial charge < -0.3 is 44.9 Å². The van der Waals surface area contributed by atoms with E-state index in [0.29, 0.717) is 51.7 Å². The molecule has 0 aliphatic carbocycles. The molecular weight excluding hydrogens is 644 g/mol. The number of carbonyl (C=O) groups excluding carboxylic acids is 3. The first kappa shape index (κ1) is 32.8. The lowest BCUT2D eigenvalue weighted by molar-refractivity contribution is -0.184. The highest BCUT2D eigenvalue weighted by Crippen LogP contribution is 2.63. The molecule has 7 rings (SSSR count). The van der Waals surface area contributed by atoms with Gasteiger partial charge in [-0.3, -0.25) is 19.4 Å². The molecule has 48 heavy (non-hydrogen) atoms. The lowest BCUT2D eigenvalue weighted by Crippen LogP contribution is -2.69. The number of phenolic OH excluding ortho intramolecular Hbond substituents is 1. The summed E-state index contributed by atoms with van der Waals surface area (Å²) < 4.78 is 29.5. The number of thioether (sulfide) groups is 1. The zero-order valence-corrected chi connectivity index (χ0v) is 28.4. The van der Waals surface area contributed by atoms with E-state index in [-0.39, 0.29) is 30.9 Å². The van der Waals surface area contributed by atoms with Crippen molar-refractivity contribution in [3.05, 3.63) is 39.4 Å². The monoisotopic (exact) mass is 684 g/mol. The Morgan fingerprint density at radius 3 is 2.56 bits per heavy atom. The van der Waals surface area contributed by atoms with Crippen LogP contribution in [0.3, 0.4) is 0 Å². The molecule has 3 unspecified atom stereocenters. The maximum atomic E-state index is 13.5. The molecule has 2 aromatic carbocycles. The second kappa shape index (κ2) is 12.0. The van der Waals surface area contributed by atoms with E-state index < -0.39 is 59.5 Å². The number of hydrogen-bond donors (Lipinski definition) is 4. The van der Waals surface area contributed by atoms with Crippen LogP contribution in [0.1, 0.15) is 64.6 Å². The Morgan fingerprint density at radius 2 is 1.88 bits per heavy atom. The minimum atomic E-state index is -1.04. The van der Waals surface area contributed by atoms with Crippen molar-refractivity contribution in [1.29, 1.82) is 0 Å². The molecule has 258 valence electrons. The number of piperazine rings is 1. The van der Waals surface area contributed by atoms with Gasteiger partial charge in [0.2, 0.25) is 12.7 Å². The van der Waals surface area contributed by atoms with E-state index in [1.807, 2.05) is 24.9 Å². The number of nitrogens with zero attached hydrogens (tertiary/aromatic N) is 2. The Morgan fingerprint density at radius 1 is 1.15 bits per heavy atom. The van der Waals surface area contributed by atoms with E-state index in [2.05, 4.69) is 10.2 Å². The Labute approximate surface area is 281 Å². The highest BCUT2D eigenvalue weighted by Gasteiger charge is 2.60. The van der Waals surface area contributed by atoms with E-state index in [1.54, 1.807) is 6.92 Å². The number of rotatable bonds is 4. The van der Waals surface area contributed by atoms with Crippen molar-refractivity contribution in [1.82, 2.24) is 15.1 Å². The molecule has 0 saturated carbocycles. The third-order valence-corrected chi connectivity index (χ3v) is 11.6. The molecule has 8 atom stereocenters. The molecule has 5 heterocycles. The summed E-state index contributed by atoms with van der Waals surface area (Å²) in [5.41, 5.74) is 9.98. The lowest BCUT2D eigenvalue weighted by atomic mass is 9.73. The average molecular weight is 685 g/mol. The van der Waals surface area contributed by atoms with Crippen LogP contribution in [0.15, 0.2) is 6.07 Å². The molecule has 2 saturated heterocycles. The van der Waals surface area contributed by atoms with Gasteiger partial charge in [-0.2, -0.15) is 0 Å². The van der Waals surface area contributed by atoms with Gasteiger partial charge in [0.05, 0.1) is 36.5 Å². The third kappa shape index (κ3) is 4.81. The zero-order chi connectivity index (χ0) is 34.3. The predicted molar refractivity (Wildman–Crippen MR) is 172 cm³/mol. The molecule has 2 aromatic rings. The first-order valence-corrected chi connectivity index (χ1v) is 17.0. The number of nitrogens with two attached hydrogens (primary N) is 1. The Bertz CT molecular complexity index is 1720. The number of ether oxygens (including phenoxy) is 5. The summed E-state index contributed by atoms with van der Waals surface area (Å²) in [7, 11) is 3.44. The van der Waals surface area contributed by atoms with Gasteiger partial charge in [-0.25, -0.2) is 4.79 Å². The molecule has 4 bridgehead atoms. The summed E-state index contributed by atoms with van der Waals surface area (Å²) >= 11 is 1.35. The second-order valence-electron chi connectivity index (χ2n) is 13.1. The van der Waals surface area contributed by atoms with Crippen LogP contribution < -0.4 is 30.0 Å². The SMILES string of the molecule is COc1c(C)cc2c(c1O)[C@@H]1C3[C@@H]4SCC(NC(=O)C(C)N)C(=O)OC[C@@H](c5c6c(c(C)c(OC(C)=O)c54)OCO6)N3[C@@H](O)[C@H](C2)N1C. The van der Waals surface area contributed by atoms with Crippen molar-refractivity contribution in [2.24, 2.45) is 5.73 Å². The molecule has 5 aliphatic rings. The molecule has 0 spiro atoms. The van der Waals surface area contributed by atoms with Crippen molar-refractivity contribution in [2.75, 3.05) is 33.3 Å². The molecule has 14 nitrogen and oxygen atoms in total. The van der Waals surface area contributed by atoms with E-state index in [4.69, 9.17) is 29.4 Å². The highest BCUT2D eigenvalue weighted by atomic mass is 32.2. The van der Waals surface area contributed by atoms with Crippen LogP contribution in [-0.2, 0) is 25.5 Å². The van der Waals surface area contributed by atoms with Gasteiger partial charge in [0.25, 0.3) is 0 Å². The van der Waals surface area contributed by atoms with Gasteiger partial charge in [0.15, 0.2) is 23.0 Å². The van der Waals surface area contributed by atoms with Crippen molar-refractivity contribution < 1.29 is 48.3 Å². The number of benzene rings is 2. The van der Waals surface area contributed by atoms with Crippen LogP contribution >= 0.6 is 11.8 Å². The average Bonchev–Trinajstić information content (AvgIpc) is 3.52. The van der Waals surface area contributed by atoms with Gasteiger partial charge in [-0.15, -0.1) is 11.8 Å². The number of aliphatic hydroxyl groups excluding tert-OH is 1. The van der Waals surface area contributed by atoms with Gasteiger partial charge in [0, 0.05) is 41.0 Å². The largest absolute Gasteiger partial charge is 0.504 e. The van der Waals surface area contributed by atoms with E-state index in [9.17, 15) is 24.6 Å². The van der Waals surface area contributed by atoms with Crippen LogP contribution in [0, 0.1) is 13.8 Å². The number of phenols is 1. The van der Waals surface area contributed by atoms with Gasteiger partial charge in [0.1, 0.15) is 24.6 Å². The topological polar surface area (TPSA) is 182 Å². The maximum Gasteiger partial charge on any atom is 0.329 e. The number of aromatic hydroxyl groups is 1. The summed E-state index contributed by atoms with van der Waals surface area (Å²) in [6, 6.07) is -2.14. The number of nitrogens with one attached hydrogen (secondary N) is 1. The fraction of sp³-hybridized carbons (Fsp3) is 0.545. The molecule has 2 fully saturated rings. The molecule has 1 amide bonds. The van der Waals surface area contributed by atoms with Crippen molar-refractivity contribution >= 4 is 29.6 Å². The van der Waals surface area contributed by atoms with E-state index in [1.165, 1.54) is 32.7 Å². The molecular formula is C33H40N4O10S. The third-order valence-electron chi connectivity index (χ3n) is 10.2. The minimum absolute atomic E-state index is 0.0212. The first-order valence-electron chi connectivity index (χ1n) is 15.9. The van der Waals surface area contributed by atoms with Gasteiger partial charge >= 0.3 is 11.9 Å². The molecule has 5 N–H and O–H groups in total. The summed E-state index contributed by atoms with van der Waals surface area (Å²) in [5, 5.41) is 26.2. The normalized spacial score (nSPS) is 29.6. The van der Waals surface area contributed by atoms with Crippen molar-refractivity contribution in [3.8, 4) is 28.7 Å². The Kier molecular flexibility index (Phi) is 8.18. The molecule has 0 aromatic heterocycles. The van der Waals surface area contributed by atoms with Crippen LogP contribution in [0.25, 0.3) is 0 Å². The first-order chi connectivity index (χ1) is 22.8. The number of likely N-dealkylation sites (N-methyl/N-ethyl adjacent to an activating group) is 1. The Hall–Kier alpha value is -3.76. The summed E-state index contributed by atoms with van der Waals surface area (Å²) in [4.78, 5) is 42.9. The van der Waals surface area contributed by atoms with Crippen LogP contribution in [-0.4, -0.2) is 102 Å². The molecule has 15 heteroatoms. The van der Waals surface area contributed by atoms with Crippen LogP contribution in [0.2, 0.25) is 0 Å². The quantitative estimate of drug-likeness (QED) is 0.269. The van der Waals surface area contributed by atoms with E-state index in [0.717, 1.165) is 11.1 Å². The number of aliphatic hydroxyl groups is 1. The molecule has 5 aliphatic heterocycles. The van der Waals surface area contributed by atoms with Crippen LogP contribution in [0.4, 0.5) is 0 Å². The number of fused-ring (bicyclic) bond motifs is 9. The summed E-state index contributed by atoms with van der Waals surface area (Å²) in [6.45, 7) is 6.22. The number of amides is 1. The van der Waals surface area contributed by atoms with Crippen molar-refractivity contribution in [3.63, 3.8) is 0 Å². The second-order valence-corrected chi connectivity index (χ2v) is 14.2. The van der Waals surface area contributed by atoms with Gasteiger partial charge in [-0.05, 0) is 45.4 Å². The summed E-state index contributed by atoms with van der Waals surface area (Å²) in [5.74, 6) is -0.0949. The standard InChI is InChI=1S/C33H40N4O10S/c1-12-7-16-8-18-32(41)37-19-9-44-33(42)17(35-31(40)14(3)34)10-48-30(24(37)23(36(18)5)20(16)25(39)26(12)43-6)22-21(19)29-28(45-11-46-29)13(2)27(22)47-15(4)38/h7,14,17-19,23-24,30,32,39,41H,8-11,34H2,1-6H3,(H,35,40)/t14?,17?,18-,19-,23+,24?,30+,32-/m0/s1. The Balaban J connectivity index is 1.50. The maximum absolute atomic E-state index is 13.5. The number of methoxy groups -OCH3 is 1. The minimum Gasteiger partial charge on any atom is -0.504 e. The predicted octanol–water partition coefficient (Wildman–Crippen LogP) is 1.49. The lowest BCUT2D eigenvalue weighted by Gasteiger charge is -2.62. The molecule has 0 radical (unpaired) electrons. The fourth-order valence-corrected chi connectivity index (χ4v) is 9.69. The van der Waals surface area contributed by atoms with Crippen molar-refractivity contribution in [2.45, 2.75) is 81.8 Å². The number of esters is 2. The number of carbonyl (C=O) groups is 3. The zero-order valence-electron chi connectivity index (χ0n) is 27.6.